The summed E-state index contributed by atoms with van der Waals surface area (Å²) in [6.45, 7) is 2.45. The van der Waals surface area contributed by atoms with Crippen molar-refractivity contribution < 1.29 is 9.15 Å². The number of ether oxygens (including phenoxy) is 1. The monoisotopic (exact) mass is 297 g/mol. The van der Waals surface area contributed by atoms with Crippen LogP contribution in [0.2, 0.25) is 0 Å². The Morgan fingerprint density at radius 1 is 1.41 bits per heavy atom. The summed E-state index contributed by atoms with van der Waals surface area (Å²) < 4.78 is 11.7. The summed E-state index contributed by atoms with van der Waals surface area (Å²) in [5.74, 6) is 1.71. The van der Waals surface area contributed by atoms with E-state index < -0.39 is 0 Å². The SMILES string of the molecule is Cc1nnc(COc2ccc(Br)c(CN)c2)o1. The van der Waals surface area contributed by atoms with Crippen molar-refractivity contribution in [3.8, 4) is 5.75 Å². The molecule has 2 rings (SSSR count). The standard InChI is InChI=1S/C11H12BrN3O2/c1-7-14-15-11(17-7)6-16-9-2-3-10(12)8(4-9)5-13/h2-4H,5-6,13H2,1H3. The Hall–Kier alpha value is -1.40. The van der Waals surface area contributed by atoms with E-state index in [-0.39, 0.29) is 6.61 Å². The molecule has 90 valence electrons. The molecule has 0 atom stereocenters. The van der Waals surface area contributed by atoms with E-state index >= 15 is 0 Å². The van der Waals surface area contributed by atoms with E-state index in [1.807, 2.05) is 18.2 Å². The van der Waals surface area contributed by atoms with Crippen LogP contribution < -0.4 is 10.5 Å². The Balaban J connectivity index is 2.04. The fraction of sp³-hybridized carbons (Fsp3) is 0.273. The fourth-order valence-corrected chi connectivity index (χ4v) is 1.75. The normalized spacial score (nSPS) is 10.5. The second-order valence-electron chi connectivity index (χ2n) is 3.46. The molecule has 0 amide bonds. The van der Waals surface area contributed by atoms with Crippen LogP contribution in [0.5, 0.6) is 5.75 Å². The molecule has 1 aromatic heterocycles. The van der Waals surface area contributed by atoms with Crippen molar-refractivity contribution in [1.29, 1.82) is 0 Å². The molecular formula is C11H12BrN3O2. The van der Waals surface area contributed by atoms with Crippen LogP contribution in [0.1, 0.15) is 17.3 Å². The quantitative estimate of drug-likeness (QED) is 0.936. The molecule has 0 aliphatic heterocycles. The molecule has 0 saturated heterocycles. The van der Waals surface area contributed by atoms with Crippen LogP contribution in [-0.4, -0.2) is 10.2 Å². The molecule has 0 aliphatic rings. The third kappa shape index (κ3) is 3.04. The molecular weight excluding hydrogens is 286 g/mol. The van der Waals surface area contributed by atoms with Gasteiger partial charge in [-0.2, -0.15) is 0 Å². The number of rotatable bonds is 4. The van der Waals surface area contributed by atoms with Gasteiger partial charge in [0.25, 0.3) is 5.89 Å². The molecule has 6 heteroatoms. The number of halogens is 1. The van der Waals surface area contributed by atoms with Crippen molar-refractivity contribution in [3.63, 3.8) is 0 Å². The lowest BCUT2D eigenvalue weighted by Gasteiger charge is -2.06. The fourth-order valence-electron chi connectivity index (χ4n) is 1.34. The topological polar surface area (TPSA) is 74.2 Å². The Morgan fingerprint density at radius 2 is 2.24 bits per heavy atom. The molecule has 0 radical (unpaired) electrons. The first kappa shape index (κ1) is 12.1. The minimum absolute atomic E-state index is 0.256. The summed E-state index contributed by atoms with van der Waals surface area (Å²) in [5.41, 5.74) is 6.59. The summed E-state index contributed by atoms with van der Waals surface area (Å²) in [6.07, 6.45) is 0. The van der Waals surface area contributed by atoms with E-state index in [0.29, 0.717) is 18.3 Å². The molecule has 1 heterocycles. The Morgan fingerprint density at radius 3 is 2.88 bits per heavy atom. The molecule has 0 fully saturated rings. The van der Waals surface area contributed by atoms with Gasteiger partial charge in [-0.05, 0) is 23.8 Å². The first-order chi connectivity index (χ1) is 8.19. The van der Waals surface area contributed by atoms with Gasteiger partial charge in [0.15, 0.2) is 6.61 Å². The van der Waals surface area contributed by atoms with Crippen LogP contribution >= 0.6 is 15.9 Å². The number of benzene rings is 1. The van der Waals surface area contributed by atoms with Crippen LogP contribution in [-0.2, 0) is 13.2 Å². The van der Waals surface area contributed by atoms with Gasteiger partial charge in [-0.1, -0.05) is 15.9 Å². The van der Waals surface area contributed by atoms with Crippen molar-refractivity contribution in [3.05, 3.63) is 40.0 Å². The number of aryl methyl sites for hydroxylation is 1. The third-order valence-electron chi connectivity index (χ3n) is 2.17. The average Bonchev–Trinajstić information content (AvgIpc) is 2.74. The van der Waals surface area contributed by atoms with E-state index in [1.54, 1.807) is 6.92 Å². The van der Waals surface area contributed by atoms with E-state index in [4.69, 9.17) is 14.9 Å². The van der Waals surface area contributed by atoms with Crippen molar-refractivity contribution in [2.24, 2.45) is 5.73 Å². The molecule has 0 bridgehead atoms. The van der Waals surface area contributed by atoms with Gasteiger partial charge in [-0.15, -0.1) is 10.2 Å². The van der Waals surface area contributed by atoms with Gasteiger partial charge in [0.05, 0.1) is 0 Å². The summed E-state index contributed by atoms with van der Waals surface area (Å²) >= 11 is 3.41. The van der Waals surface area contributed by atoms with Crippen LogP contribution in [0.3, 0.4) is 0 Å². The number of nitrogens with two attached hydrogens (primary N) is 1. The van der Waals surface area contributed by atoms with Crippen molar-refractivity contribution in [1.82, 2.24) is 10.2 Å². The second kappa shape index (κ2) is 5.29. The van der Waals surface area contributed by atoms with E-state index in [9.17, 15) is 0 Å². The minimum atomic E-state index is 0.256. The highest BCUT2D eigenvalue weighted by Crippen LogP contribution is 2.22. The lowest BCUT2D eigenvalue weighted by Crippen LogP contribution is -2.00. The number of nitrogens with zero attached hydrogens (tertiary/aromatic N) is 2. The molecule has 2 N–H and O–H groups in total. The molecule has 0 unspecified atom stereocenters. The summed E-state index contributed by atoms with van der Waals surface area (Å²) in [5, 5.41) is 7.57. The zero-order valence-corrected chi connectivity index (χ0v) is 10.9. The van der Waals surface area contributed by atoms with Crippen molar-refractivity contribution >= 4 is 15.9 Å². The highest BCUT2D eigenvalue weighted by molar-refractivity contribution is 9.10. The second-order valence-corrected chi connectivity index (χ2v) is 4.32. The lowest BCUT2D eigenvalue weighted by molar-refractivity contribution is 0.260. The van der Waals surface area contributed by atoms with E-state index in [0.717, 1.165) is 15.8 Å². The smallest absolute Gasteiger partial charge is 0.253 e. The van der Waals surface area contributed by atoms with Gasteiger partial charge in [0.2, 0.25) is 5.89 Å². The minimum Gasteiger partial charge on any atom is -0.484 e. The van der Waals surface area contributed by atoms with E-state index in [1.165, 1.54) is 0 Å². The van der Waals surface area contributed by atoms with Gasteiger partial charge in [0.1, 0.15) is 5.75 Å². The lowest BCUT2D eigenvalue weighted by atomic mass is 10.2. The molecule has 1 aromatic carbocycles. The first-order valence-corrected chi connectivity index (χ1v) is 5.88. The van der Waals surface area contributed by atoms with Gasteiger partial charge in [-0.3, -0.25) is 0 Å². The summed E-state index contributed by atoms with van der Waals surface area (Å²) in [6, 6.07) is 5.64. The van der Waals surface area contributed by atoms with Crippen LogP contribution in [0, 0.1) is 6.92 Å². The van der Waals surface area contributed by atoms with Gasteiger partial charge in [0, 0.05) is 17.9 Å². The van der Waals surface area contributed by atoms with Crippen LogP contribution in [0.25, 0.3) is 0 Å². The Labute approximate surface area is 107 Å². The maximum Gasteiger partial charge on any atom is 0.253 e. The zero-order valence-electron chi connectivity index (χ0n) is 9.31. The predicted octanol–water partition coefficient (Wildman–Crippen LogP) is 2.18. The first-order valence-electron chi connectivity index (χ1n) is 5.09. The van der Waals surface area contributed by atoms with E-state index in [2.05, 4.69) is 26.1 Å². The zero-order chi connectivity index (χ0) is 12.3. The van der Waals surface area contributed by atoms with Gasteiger partial charge < -0.3 is 14.9 Å². The summed E-state index contributed by atoms with van der Waals surface area (Å²) in [4.78, 5) is 0. The maximum atomic E-state index is 5.60. The number of hydrogen-bond acceptors (Lipinski definition) is 5. The van der Waals surface area contributed by atoms with Crippen LogP contribution in [0.15, 0.2) is 27.1 Å². The highest BCUT2D eigenvalue weighted by Gasteiger charge is 2.05. The van der Waals surface area contributed by atoms with Gasteiger partial charge in [-0.25, -0.2) is 0 Å². The highest BCUT2D eigenvalue weighted by atomic mass is 79.9. The van der Waals surface area contributed by atoms with Crippen molar-refractivity contribution in [2.45, 2.75) is 20.1 Å². The summed E-state index contributed by atoms with van der Waals surface area (Å²) in [7, 11) is 0. The number of hydrogen-bond donors (Lipinski definition) is 1. The average molecular weight is 298 g/mol. The molecule has 2 aromatic rings. The Bertz CT molecular complexity index is 513. The molecule has 0 saturated carbocycles. The third-order valence-corrected chi connectivity index (χ3v) is 2.94. The van der Waals surface area contributed by atoms with Crippen molar-refractivity contribution in [2.75, 3.05) is 0 Å². The molecule has 0 aliphatic carbocycles. The Kier molecular flexibility index (Phi) is 3.75. The van der Waals surface area contributed by atoms with Crippen LogP contribution in [0.4, 0.5) is 0 Å². The largest absolute Gasteiger partial charge is 0.484 e. The van der Waals surface area contributed by atoms with Gasteiger partial charge >= 0.3 is 0 Å². The maximum absolute atomic E-state index is 5.60. The number of aromatic nitrogens is 2. The predicted molar refractivity (Wildman–Crippen MR) is 65.4 cm³/mol. The molecule has 5 nitrogen and oxygen atoms in total. The molecule has 17 heavy (non-hydrogen) atoms. The molecule has 0 spiro atoms.